The molecule has 0 aromatic heterocycles. The molecule has 5 aliphatic rings. The van der Waals surface area contributed by atoms with E-state index in [0.717, 1.165) is 5.57 Å². The average molecular weight is 360 g/mol. The summed E-state index contributed by atoms with van der Waals surface area (Å²) in [7, 11) is 0. The van der Waals surface area contributed by atoms with Crippen LogP contribution in [0.4, 0.5) is 0 Å². The topological polar surface area (TPSA) is 99.5 Å². The number of rotatable bonds is 0. The second kappa shape index (κ2) is 4.50. The van der Waals surface area contributed by atoms with E-state index in [-0.39, 0.29) is 18.3 Å². The minimum Gasteiger partial charge on any atom is -0.426 e. The molecule has 140 valence electrons. The summed E-state index contributed by atoms with van der Waals surface area (Å²) in [6, 6.07) is 0. The van der Waals surface area contributed by atoms with Gasteiger partial charge in [-0.1, -0.05) is 25.7 Å². The second-order valence-corrected chi connectivity index (χ2v) is 8.71. The first-order valence-corrected chi connectivity index (χ1v) is 9.20. The van der Waals surface area contributed by atoms with E-state index in [1.54, 1.807) is 6.92 Å². The lowest BCUT2D eigenvalue weighted by Crippen LogP contribution is -2.54. The lowest BCUT2D eigenvalue weighted by molar-refractivity contribution is -0.184. The van der Waals surface area contributed by atoms with Gasteiger partial charge in [0.15, 0.2) is 0 Å². The minimum atomic E-state index is -1.72. The Kier molecular flexibility index (Phi) is 2.89. The summed E-state index contributed by atoms with van der Waals surface area (Å²) in [6.07, 6.45) is -0.542. The SMILES string of the molecule is C=C1CC[C@]2(O)OC(=O)C(C)=C2[C@H]2C(=C)[C@H](O)[C@@]34C[C@@H](C)[C@@H](O)[C@@]3(O4)[C@H]12. The molecule has 6 nitrogen and oxygen atoms in total. The highest BCUT2D eigenvalue weighted by Gasteiger charge is 2.87. The van der Waals surface area contributed by atoms with Crippen molar-refractivity contribution in [2.45, 2.75) is 62.3 Å². The fraction of sp³-hybridized carbons (Fsp3) is 0.650. The van der Waals surface area contributed by atoms with Crippen molar-refractivity contribution in [1.29, 1.82) is 0 Å². The Morgan fingerprint density at radius 3 is 2.65 bits per heavy atom. The largest absolute Gasteiger partial charge is 0.426 e. The molecular weight excluding hydrogens is 336 g/mol. The van der Waals surface area contributed by atoms with E-state index < -0.39 is 41.1 Å². The van der Waals surface area contributed by atoms with Crippen molar-refractivity contribution < 1.29 is 29.6 Å². The average Bonchev–Trinajstić information content (AvgIpc) is 3.15. The van der Waals surface area contributed by atoms with Gasteiger partial charge in [0, 0.05) is 29.4 Å². The lowest BCUT2D eigenvalue weighted by atomic mass is 9.59. The van der Waals surface area contributed by atoms with Crippen LogP contribution in [0.5, 0.6) is 0 Å². The van der Waals surface area contributed by atoms with Gasteiger partial charge in [-0.2, -0.15) is 0 Å². The Labute approximate surface area is 151 Å². The maximum absolute atomic E-state index is 12.2. The number of esters is 1. The van der Waals surface area contributed by atoms with Gasteiger partial charge in [-0.3, -0.25) is 0 Å². The van der Waals surface area contributed by atoms with E-state index in [2.05, 4.69) is 13.2 Å². The van der Waals surface area contributed by atoms with E-state index in [0.29, 0.717) is 29.6 Å². The van der Waals surface area contributed by atoms with Crippen molar-refractivity contribution in [3.8, 4) is 0 Å². The molecule has 3 aliphatic carbocycles. The van der Waals surface area contributed by atoms with Gasteiger partial charge in [0.25, 0.3) is 0 Å². The number of aliphatic hydroxyl groups excluding tert-OH is 2. The van der Waals surface area contributed by atoms with Crippen LogP contribution < -0.4 is 0 Å². The summed E-state index contributed by atoms with van der Waals surface area (Å²) in [4.78, 5) is 12.2. The van der Waals surface area contributed by atoms with E-state index >= 15 is 0 Å². The van der Waals surface area contributed by atoms with Crippen LogP contribution in [0.3, 0.4) is 0 Å². The summed E-state index contributed by atoms with van der Waals surface area (Å²) >= 11 is 0. The van der Waals surface area contributed by atoms with E-state index in [1.807, 2.05) is 6.92 Å². The summed E-state index contributed by atoms with van der Waals surface area (Å²) in [5, 5.41) is 33.1. The van der Waals surface area contributed by atoms with Crippen LogP contribution in [-0.2, 0) is 14.3 Å². The van der Waals surface area contributed by atoms with Crippen molar-refractivity contribution in [2.75, 3.05) is 0 Å². The third kappa shape index (κ3) is 1.50. The predicted molar refractivity (Wildman–Crippen MR) is 90.6 cm³/mol. The van der Waals surface area contributed by atoms with Crippen molar-refractivity contribution in [2.24, 2.45) is 17.8 Å². The Morgan fingerprint density at radius 1 is 1.27 bits per heavy atom. The first kappa shape index (κ1) is 16.7. The molecule has 3 N–H and O–H groups in total. The molecule has 5 rings (SSSR count). The van der Waals surface area contributed by atoms with Gasteiger partial charge >= 0.3 is 5.97 Å². The molecule has 6 heteroatoms. The molecule has 4 fully saturated rings. The fourth-order valence-corrected chi connectivity index (χ4v) is 6.35. The van der Waals surface area contributed by atoms with Gasteiger partial charge in [0.1, 0.15) is 17.3 Å². The van der Waals surface area contributed by atoms with Crippen molar-refractivity contribution in [1.82, 2.24) is 0 Å². The number of fused-ring (bicyclic) bond motifs is 3. The predicted octanol–water partition coefficient (Wildman–Crippen LogP) is 0.970. The van der Waals surface area contributed by atoms with Gasteiger partial charge < -0.3 is 24.8 Å². The molecule has 0 radical (unpaired) electrons. The Hall–Kier alpha value is -1.47. The van der Waals surface area contributed by atoms with Gasteiger partial charge in [-0.05, 0) is 31.3 Å². The molecule has 0 unspecified atom stereocenters. The molecule has 1 saturated heterocycles. The van der Waals surface area contributed by atoms with Crippen molar-refractivity contribution in [3.63, 3.8) is 0 Å². The fourth-order valence-electron chi connectivity index (χ4n) is 6.35. The van der Waals surface area contributed by atoms with E-state index in [1.165, 1.54) is 0 Å². The van der Waals surface area contributed by atoms with Crippen LogP contribution in [-0.4, -0.2) is 50.5 Å². The van der Waals surface area contributed by atoms with Gasteiger partial charge in [-0.15, -0.1) is 0 Å². The van der Waals surface area contributed by atoms with Crippen LogP contribution in [0, 0.1) is 17.8 Å². The zero-order chi connectivity index (χ0) is 18.8. The number of epoxide rings is 1. The zero-order valence-corrected chi connectivity index (χ0v) is 15.0. The number of carbonyl (C=O) groups excluding carboxylic acids is 1. The molecule has 8 atom stereocenters. The molecule has 2 heterocycles. The number of carbonyl (C=O) groups is 1. The number of ether oxygens (including phenoxy) is 2. The molecule has 2 aliphatic heterocycles. The first-order valence-electron chi connectivity index (χ1n) is 9.20. The summed E-state index contributed by atoms with van der Waals surface area (Å²) < 4.78 is 11.4. The highest BCUT2D eigenvalue weighted by Crippen LogP contribution is 2.74. The molecule has 0 aromatic carbocycles. The molecule has 0 amide bonds. The molecule has 3 saturated carbocycles. The summed E-state index contributed by atoms with van der Waals surface area (Å²) in [5.74, 6) is -3.20. The van der Waals surface area contributed by atoms with Gasteiger partial charge in [0.2, 0.25) is 5.79 Å². The standard InChI is InChI=1S/C20H24O6/c1-8-5-6-19(24)14(11(4)17(23)25-19)12-10(3)16(22)18-7-9(2)15(21)20(18,26-18)13(8)12/h9,12-13,15-16,21-22,24H,1,3,5-7H2,2,4H3/t9-,12+,13-,15-,16+,18+,19+,20+/m1/s1. The quantitative estimate of drug-likeness (QED) is 0.338. The number of hydrogen-bond acceptors (Lipinski definition) is 6. The van der Waals surface area contributed by atoms with Crippen LogP contribution in [0.2, 0.25) is 0 Å². The van der Waals surface area contributed by atoms with Crippen molar-refractivity contribution >= 4 is 5.97 Å². The zero-order valence-electron chi connectivity index (χ0n) is 15.0. The Balaban J connectivity index is 1.75. The second-order valence-electron chi connectivity index (χ2n) is 8.71. The Morgan fingerprint density at radius 2 is 1.96 bits per heavy atom. The van der Waals surface area contributed by atoms with Gasteiger partial charge in [-0.25, -0.2) is 4.79 Å². The Bertz CT molecular complexity index is 813. The van der Waals surface area contributed by atoms with Crippen LogP contribution in [0.15, 0.2) is 35.5 Å². The maximum Gasteiger partial charge on any atom is 0.336 e. The summed E-state index contributed by atoms with van der Waals surface area (Å²) in [6.45, 7) is 11.9. The number of hydrogen-bond donors (Lipinski definition) is 3. The van der Waals surface area contributed by atoms with Crippen LogP contribution >= 0.6 is 0 Å². The third-order valence-electron chi connectivity index (χ3n) is 7.49. The first-order chi connectivity index (χ1) is 12.1. The van der Waals surface area contributed by atoms with E-state index in [9.17, 15) is 20.1 Å². The summed E-state index contributed by atoms with van der Waals surface area (Å²) in [5.41, 5.74) is 0.318. The van der Waals surface area contributed by atoms with Gasteiger partial charge in [0.05, 0.1) is 6.10 Å². The molecule has 0 aromatic rings. The highest BCUT2D eigenvalue weighted by molar-refractivity contribution is 5.92. The molecular formula is C20H24O6. The molecule has 0 bridgehead atoms. The highest BCUT2D eigenvalue weighted by atomic mass is 16.7. The van der Waals surface area contributed by atoms with E-state index in [4.69, 9.17) is 9.47 Å². The molecule has 26 heavy (non-hydrogen) atoms. The van der Waals surface area contributed by atoms with Crippen molar-refractivity contribution in [3.05, 3.63) is 35.5 Å². The third-order valence-corrected chi connectivity index (χ3v) is 7.49. The molecule has 0 spiro atoms. The minimum absolute atomic E-state index is 0.0311. The normalized spacial score (nSPS) is 55.0. The number of aliphatic hydroxyl groups is 3. The lowest BCUT2D eigenvalue weighted by Gasteiger charge is -2.43. The maximum atomic E-state index is 12.2. The van der Waals surface area contributed by atoms with Crippen LogP contribution in [0.25, 0.3) is 0 Å². The monoisotopic (exact) mass is 360 g/mol. The van der Waals surface area contributed by atoms with Crippen LogP contribution in [0.1, 0.15) is 33.1 Å². The smallest absolute Gasteiger partial charge is 0.336 e.